The SMILES string of the molecule is COc1ccc(C2CC(c3ccc(C)c(C)c3)=NN2C(=O)CN2CCC(C)CC2)c(OC)c1. The summed E-state index contributed by atoms with van der Waals surface area (Å²) in [6.07, 6.45) is 2.92. The lowest BCUT2D eigenvalue weighted by molar-refractivity contribution is -0.134. The molecule has 1 fully saturated rings. The van der Waals surface area contributed by atoms with Crippen LogP contribution < -0.4 is 9.47 Å². The van der Waals surface area contributed by atoms with Gasteiger partial charge in [-0.25, -0.2) is 5.01 Å². The highest BCUT2D eigenvalue weighted by atomic mass is 16.5. The molecule has 2 aromatic carbocycles. The number of hydrogen-bond acceptors (Lipinski definition) is 5. The molecule has 176 valence electrons. The van der Waals surface area contributed by atoms with E-state index in [1.165, 1.54) is 11.1 Å². The number of carbonyl (C=O) groups excluding carboxylic acids is 1. The number of carbonyl (C=O) groups is 1. The van der Waals surface area contributed by atoms with E-state index in [1.54, 1.807) is 19.2 Å². The summed E-state index contributed by atoms with van der Waals surface area (Å²) in [4.78, 5) is 15.8. The Balaban J connectivity index is 1.65. The zero-order valence-electron chi connectivity index (χ0n) is 20.4. The van der Waals surface area contributed by atoms with E-state index >= 15 is 0 Å². The number of rotatable bonds is 6. The van der Waals surface area contributed by atoms with Gasteiger partial charge in [0.2, 0.25) is 0 Å². The smallest absolute Gasteiger partial charge is 0.257 e. The first kappa shape index (κ1) is 23.3. The monoisotopic (exact) mass is 449 g/mol. The van der Waals surface area contributed by atoms with Crippen LogP contribution in [0.2, 0.25) is 0 Å². The van der Waals surface area contributed by atoms with Gasteiger partial charge in [-0.05, 0) is 80.6 Å². The number of methoxy groups -OCH3 is 2. The molecule has 0 spiro atoms. The number of benzene rings is 2. The van der Waals surface area contributed by atoms with Gasteiger partial charge in [-0.1, -0.05) is 19.1 Å². The van der Waals surface area contributed by atoms with E-state index in [0.717, 1.165) is 54.4 Å². The third kappa shape index (κ3) is 5.06. The van der Waals surface area contributed by atoms with Gasteiger partial charge >= 0.3 is 0 Å². The molecule has 0 saturated carbocycles. The quantitative estimate of drug-likeness (QED) is 0.640. The minimum atomic E-state index is -0.210. The van der Waals surface area contributed by atoms with Crippen LogP contribution in [0.3, 0.4) is 0 Å². The number of nitrogens with zero attached hydrogens (tertiary/aromatic N) is 3. The van der Waals surface area contributed by atoms with Crippen LogP contribution in [0.25, 0.3) is 0 Å². The Kier molecular flexibility index (Phi) is 7.03. The van der Waals surface area contributed by atoms with Gasteiger partial charge in [-0.15, -0.1) is 0 Å². The number of ether oxygens (including phenoxy) is 2. The van der Waals surface area contributed by atoms with Crippen molar-refractivity contribution in [1.29, 1.82) is 0 Å². The highest BCUT2D eigenvalue weighted by Gasteiger charge is 2.36. The fourth-order valence-electron chi connectivity index (χ4n) is 4.66. The first-order valence-electron chi connectivity index (χ1n) is 11.8. The van der Waals surface area contributed by atoms with Crippen molar-refractivity contribution in [3.05, 3.63) is 58.7 Å². The van der Waals surface area contributed by atoms with Crippen LogP contribution in [0.1, 0.15) is 54.5 Å². The maximum atomic E-state index is 13.5. The second kappa shape index (κ2) is 9.96. The van der Waals surface area contributed by atoms with Gasteiger partial charge in [0.1, 0.15) is 11.5 Å². The van der Waals surface area contributed by atoms with E-state index in [4.69, 9.17) is 14.6 Å². The van der Waals surface area contributed by atoms with E-state index in [9.17, 15) is 4.79 Å². The predicted octanol–water partition coefficient (Wildman–Crippen LogP) is 4.73. The molecule has 0 bridgehead atoms. The zero-order chi connectivity index (χ0) is 23.5. The average Bonchev–Trinajstić information content (AvgIpc) is 3.27. The van der Waals surface area contributed by atoms with Crippen LogP contribution in [-0.2, 0) is 4.79 Å². The van der Waals surface area contributed by atoms with E-state index in [-0.39, 0.29) is 11.9 Å². The summed E-state index contributed by atoms with van der Waals surface area (Å²) in [5.74, 6) is 2.20. The topological polar surface area (TPSA) is 54.4 Å². The van der Waals surface area contributed by atoms with Crippen LogP contribution in [0.5, 0.6) is 11.5 Å². The van der Waals surface area contributed by atoms with Gasteiger partial charge in [0.25, 0.3) is 5.91 Å². The fourth-order valence-corrected chi connectivity index (χ4v) is 4.66. The van der Waals surface area contributed by atoms with Crippen molar-refractivity contribution >= 4 is 11.6 Å². The van der Waals surface area contributed by atoms with Crippen LogP contribution in [0, 0.1) is 19.8 Å². The normalized spacial score (nSPS) is 19.5. The number of piperidine rings is 1. The second-order valence-corrected chi connectivity index (χ2v) is 9.37. The molecular weight excluding hydrogens is 414 g/mol. The summed E-state index contributed by atoms with van der Waals surface area (Å²) in [6, 6.07) is 12.0. The lowest BCUT2D eigenvalue weighted by atomic mass is 9.95. The lowest BCUT2D eigenvalue weighted by Gasteiger charge is -2.31. The Morgan fingerprint density at radius 3 is 2.45 bits per heavy atom. The Bertz CT molecular complexity index is 1040. The Morgan fingerprint density at radius 2 is 1.79 bits per heavy atom. The molecule has 2 aliphatic heterocycles. The van der Waals surface area contributed by atoms with Crippen molar-refractivity contribution in [2.45, 2.75) is 46.1 Å². The first-order valence-corrected chi connectivity index (χ1v) is 11.8. The Hall–Kier alpha value is -2.86. The van der Waals surface area contributed by atoms with Crippen LogP contribution in [0.4, 0.5) is 0 Å². The summed E-state index contributed by atoms with van der Waals surface area (Å²) in [6.45, 7) is 8.82. The van der Waals surface area contributed by atoms with E-state index in [0.29, 0.717) is 18.7 Å². The maximum absolute atomic E-state index is 13.5. The third-order valence-electron chi connectivity index (χ3n) is 7.04. The van der Waals surface area contributed by atoms with Crippen molar-refractivity contribution < 1.29 is 14.3 Å². The summed E-state index contributed by atoms with van der Waals surface area (Å²) < 4.78 is 11.1. The molecule has 2 heterocycles. The molecule has 6 heteroatoms. The molecule has 0 aromatic heterocycles. The van der Waals surface area contributed by atoms with Gasteiger partial charge in [-0.2, -0.15) is 5.10 Å². The maximum Gasteiger partial charge on any atom is 0.257 e. The summed E-state index contributed by atoms with van der Waals surface area (Å²) in [7, 11) is 3.29. The Morgan fingerprint density at radius 1 is 1.03 bits per heavy atom. The number of aryl methyl sites for hydroxylation is 2. The van der Waals surface area contributed by atoms with Crippen molar-refractivity contribution in [2.75, 3.05) is 33.9 Å². The van der Waals surface area contributed by atoms with Crippen molar-refractivity contribution in [1.82, 2.24) is 9.91 Å². The standard InChI is InChI=1S/C27H35N3O3/c1-18-10-12-29(13-11-18)17-27(31)30-25(23-9-8-22(32-4)15-26(23)33-5)16-24(28-30)21-7-6-19(2)20(3)14-21/h6-9,14-15,18,25H,10-13,16-17H2,1-5H3. The van der Waals surface area contributed by atoms with Gasteiger partial charge in [0, 0.05) is 18.1 Å². The van der Waals surface area contributed by atoms with Gasteiger partial charge in [0.15, 0.2) is 0 Å². The van der Waals surface area contributed by atoms with Gasteiger partial charge < -0.3 is 9.47 Å². The van der Waals surface area contributed by atoms with E-state index in [1.807, 2.05) is 18.2 Å². The lowest BCUT2D eigenvalue weighted by Crippen LogP contribution is -2.41. The van der Waals surface area contributed by atoms with Crippen LogP contribution >= 0.6 is 0 Å². The molecule has 6 nitrogen and oxygen atoms in total. The molecule has 0 N–H and O–H groups in total. The van der Waals surface area contributed by atoms with Gasteiger partial charge in [0.05, 0.1) is 32.5 Å². The number of amides is 1. The molecule has 1 saturated heterocycles. The molecule has 0 radical (unpaired) electrons. The largest absolute Gasteiger partial charge is 0.497 e. The van der Waals surface area contributed by atoms with Crippen molar-refractivity contribution in [3.8, 4) is 11.5 Å². The van der Waals surface area contributed by atoms with E-state index < -0.39 is 0 Å². The first-order chi connectivity index (χ1) is 15.9. The second-order valence-electron chi connectivity index (χ2n) is 9.37. The Labute approximate surface area is 197 Å². The third-order valence-corrected chi connectivity index (χ3v) is 7.04. The molecule has 1 unspecified atom stereocenters. The molecule has 0 aliphatic carbocycles. The van der Waals surface area contributed by atoms with Crippen molar-refractivity contribution in [3.63, 3.8) is 0 Å². The molecule has 1 amide bonds. The minimum Gasteiger partial charge on any atom is -0.497 e. The van der Waals surface area contributed by atoms with E-state index in [2.05, 4.69) is 43.9 Å². The molecular formula is C27H35N3O3. The number of hydrogen-bond donors (Lipinski definition) is 0. The molecule has 33 heavy (non-hydrogen) atoms. The summed E-state index contributed by atoms with van der Waals surface area (Å²) >= 11 is 0. The highest BCUT2D eigenvalue weighted by molar-refractivity contribution is 6.03. The fraction of sp³-hybridized carbons (Fsp3) is 0.481. The average molecular weight is 450 g/mol. The van der Waals surface area contributed by atoms with Crippen LogP contribution in [0.15, 0.2) is 41.5 Å². The molecule has 2 aromatic rings. The highest BCUT2D eigenvalue weighted by Crippen LogP contribution is 2.39. The van der Waals surface area contributed by atoms with Crippen LogP contribution in [-0.4, -0.2) is 55.4 Å². The molecule has 4 rings (SSSR count). The van der Waals surface area contributed by atoms with Crippen molar-refractivity contribution in [2.24, 2.45) is 11.0 Å². The number of hydrazone groups is 1. The predicted molar refractivity (Wildman–Crippen MR) is 131 cm³/mol. The number of likely N-dealkylation sites (tertiary alicyclic amines) is 1. The minimum absolute atomic E-state index is 0.0336. The van der Waals surface area contributed by atoms with Gasteiger partial charge in [-0.3, -0.25) is 9.69 Å². The molecule has 1 atom stereocenters. The zero-order valence-corrected chi connectivity index (χ0v) is 20.4. The summed E-state index contributed by atoms with van der Waals surface area (Å²) in [5, 5.41) is 6.56. The summed E-state index contributed by atoms with van der Waals surface area (Å²) in [5.41, 5.74) is 5.42. The molecule has 2 aliphatic rings.